The quantitative estimate of drug-likeness (QED) is 0.880. The highest BCUT2D eigenvalue weighted by Crippen LogP contribution is 2.18. The minimum Gasteiger partial charge on any atom is -0.396 e. The van der Waals surface area contributed by atoms with Crippen molar-refractivity contribution in [1.29, 1.82) is 0 Å². The smallest absolute Gasteiger partial charge is 0.276 e. The summed E-state index contributed by atoms with van der Waals surface area (Å²) in [5, 5.41) is 6.62. The number of nitrogens with one attached hydrogen (secondary N) is 1. The molecule has 0 bridgehead atoms. The fourth-order valence-corrected chi connectivity index (χ4v) is 2.55. The molecule has 0 atom stereocenters. The summed E-state index contributed by atoms with van der Waals surface area (Å²) < 4.78 is 24.5. The number of amides is 1. The minimum absolute atomic E-state index is 0.136. The molecule has 0 aliphatic heterocycles. The number of anilines is 2. The first-order chi connectivity index (χ1) is 9.82. The van der Waals surface area contributed by atoms with Crippen molar-refractivity contribution in [3.8, 4) is 0 Å². The first-order valence-electron chi connectivity index (χ1n) is 6.25. The molecule has 0 aliphatic rings. The second-order valence-electron chi connectivity index (χ2n) is 4.52. The summed E-state index contributed by atoms with van der Waals surface area (Å²) in [6, 6.07) is 6.04. The highest BCUT2D eigenvalue weighted by Gasteiger charge is 2.17. The van der Waals surface area contributed by atoms with Crippen LogP contribution in [0.5, 0.6) is 0 Å². The van der Waals surface area contributed by atoms with Crippen molar-refractivity contribution in [3.63, 3.8) is 0 Å². The van der Waals surface area contributed by atoms with Crippen LogP contribution < -0.4 is 11.1 Å². The monoisotopic (exact) mass is 308 g/mol. The fourth-order valence-electron chi connectivity index (χ4n) is 1.88. The van der Waals surface area contributed by atoms with Gasteiger partial charge < -0.3 is 11.1 Å². The van der Waals surface area contributed by atoms with Gasteiger partial charge in [-0.3, -0.25) is 9.48 Å². The minimum atomic E-state index is -3.33. The number of benzene rings is 1. The second-order valence-corrected chi connectivity index (χ2v) is 6.53. The Morgan fingerprint density at radius 2 is 2.14 bits per heavy atom. The molecule has 7 nitrogen and oxygen atoms in total. The van der Waals surface area contributed by atoms with Crippen molar-refractivity contribution in [1.82, 2.24) is 9.78 Å². The maximum Gasteiger partial charge on any atom is 0.276 e. The molecule has 0 unspecified atom stereocenters. The van der Waals surface area contributed by atoms with Gasteiger partial charge in [-0.15, -0.1) is 0 Å². The number of rotatable bonds is 4. The molecule has 0 saturated carbocycles. The van der Waals surface area contributed by atoms with Gasteiger partial charge in [-0.2, -0.15) is 5.10 Å². The van der Waals surface area contributed by atoms with Gasteiger partial charge in [0, 0.05) is 18.5 Å². The Kier molecular flexibility index (Phi) is 3.99. The van der Waals surface area contributed by atoms with Gasteiger partial charge in [-0.05, 0) is 25.1 Å². The van der Waals surface area contributed by atoms with E-state index in [4.69, 9.17) is 5.73 Å². The molecular formula is C13H16N4O3S. The first kappa shape index (κ1) is 15.0. The molecule has 0 spiro atoms. The van der Waals surface area contributed by atoms with E-state index in [0.29, 0.717) is 12.2 Å². The van der Waals surface area contributed by atoms with Crippen molar-refractivity contribution in [2.24, 2.45) is 0 Å². The number of nitrogen functional groups attached to an aromatic ring is 1. The molecule has 112 valence electrons. The van der Waals surface area contributed by atoms with E-state index >= 15 is 0 Å². The van der Waals surface area contributed by atoms with Crippen molar-refractivity contribution in [2.75, 3.05) is 17.3 Å². The molecule has 0 saturated heterocycles. The molecule has 2 aromatic rings. The zero-order valence-corrected chi connectivity index (χ0v) is 12.5. The van der Waals surface area contributed by atoms with Crippen LogP contribution >= 0.6 is 0 Å². The van der Waals surface area contributed by atoms with Gasteiger partial charge in [-0.1, -0.05) is 6.07 Å². The van der Waals surface area contributed by atoms with Crippen molar-refractivity contribution >= 4 is 27.1 Å². The Morgan fingerprint density at radius 3 is 2.76 bits per heavy atom. The van der Waals surface area contributed by atoms with Crippen LogP contribution in [0.2, 0.25) is 0 Å². The van der Waals surface area contributed by atoms with Crippen LogP contribution in [-0.2, 0) is 16.4 Å². The molecule has 21 heavy (non-hydrogen) atoms. The molecule has 2 rings (SSSR count). The average Bonchev–Trinajstić information content (AvgIpc) is 2.79. The molecule has 0 radical (unpaired) electrons. The molecule has 1 aromatic carbocycles. The number of hydrogen-bond donors (Lipinski definition) is 2. The van der Waals surface area contributed by atoms with Crippen molar-refractivity contribution in [2.45, 2.75) is 18.4 Å². The number of carbonyl (C=O) groups excluding carboxylic acids is 1. The van der Waals surface area contributed by atoms with E-state index in [1.807, 2.05) is 6.92 Å². The molecule has 8 heteroatoms. The Hall–Kier alpha value is -2.35. The lowest BCUT2D eigenvalue weighted by molar-refractivity contribution is 0.101. The van der Waals surface area contributed by atoms with Gasteiger partial charge in [0.25, 0.3) is 5.91 Å². The van der Waals surface area contributed by atoms with Crippen molar-refractivity contribution < 1.29 is 13.2 Å². The van der Waals surface area contributed by atoms with Crippen LogP contribution in [0.15, 0.2) is 35.4 Å². The summed E-state index contributed by atoms with van der Waals surface area (Å²) in [5.41, 5.74) is 6.64. The summed E-state index contributed by atoms with van der Waals surface area (Å²) in [6.45, 7) is 2.34. The molecule has 0 aliphatic carbocycles. The van der Waals surface area contributed by atoms with Crippen LogP contribution in [0.4, 0.5) is 11.4 Å². The van der Waals surface area contributed by atoms with Gasteiger partial charge in [0.05, 0.1) is 16.8 Å². The zero-order valence-electron chi connectivity index (χ0n) is 11.7. The Labute approximate surface area is 122 Å². The third-order valence-electron chi connectivity index (χ3n) is 2.90. The Balaban J connectivity index is 2.30. The molecule has 0 fully saturated rings. The molecule has 1 aromatic heterocycles. The number of aromatic nitrogens is 2. The summed E-state index contributed by atoms with van der Waals surface area (Å²) >= 11 is 0. The molecule has 1 amide bonds. The van der Waals surface area contributed by atoms with Crippen LogP contribution in [0.3, 0.4) is 0 Å². The van der Waals surface area contributed by atoms with Crippen LogP contribution in [-0.4, -0.2) is 30.4 Å². The Morgan fingerprint density at radius 1 is 1.43 bits per heavy atom. The predicted octanol–water partition coefficient (Wildman–Crippen LogP) is 1.14. The van der Waals surface area contributed by atoms with Crippen LogP contribution in [0.25, 0.3) is 0 Å². The number of sulfone groups is 1. The Bertz CT molecular complexity index is 780. The number of nitrogens with two attached hydrogens (primary N) is 1. The van der Waals surface area contributed by atoms with Crippen LogP contribution in [0, 0.1) is 0 Å². The third-order valence-corrected chi connectivity index (χ3v) is 4.01. The molecule has 1 heterocycles. The summed E-state index contributed by atoms with van der Waals surface area (Å²) in [6.07, 6.45) is 2.52. The molecule has 3 N–H and O–H groups in total. The normalized spacial score (nSPS) is 11.3. The lowest BCUT2D eigenvalue weighted by atomic mass is 10.3. The van der Waals surface area contributed by atoms with E-state index in [2.05, 4.69) is 10.4 Å². The average molecular weight is 308 g/mol. The van der Waals surface area contributed by atoms with E-state index in [0.717, 1.165) is 6.26 Å². The van der Waals surface area contributed by atoms with Gasteiger partial charge >= 0.3 is 0 Å². The maximum absolute atomic E-state index is 12.2. The summed E-state index contributed by atoms with van der Waals surface area (Å²) in [4.78, 5) is 12.4. The highest BCUT2D eigenvalue weighted by atomic mass is 32.2. The third kappa shape index (κ3) is 3.22. The first-order valence-corrected chi connectivity index (χ1v) is 8.15. The topological polar surface area (TPSA) is 107 Å². The number of carbonyl (C=O) groups is 1. The van der Waals surface area contributed by atoms with Gasteiger partial charge in [-0.25, -0.2) is 8.42 Å². The van der Waals surface area contributed by atoms with E-state index < -0.39 is 15.7 Å². The SMILES string of the molecule is CCn1ncc(N)c1C(=O)Nc1cccc(S(C)(=O)=O)c1. The lowest BCUT2D eigenvalue weighted by Crippen LogP contribution is -2.19. The highest BCUT2D eigenvalue weighted by molar-refractivity contribution is 7.90. The van der Waals surface area contributed by atoms with E-state index in [1.54, 1.807) is 12.1 Å². The number of nitrogens with zero attached hydrogens (tertiary/aromatic N) is 2. The van der Waals surface area contributed by atoms with Crippen molar-refractivity contribution in [3.05, 3.63) is 36.2 Å². The van der Waals surface area contributed by atoms with E-state index in [-0.39, 0.29) is 16.3 Å². The predicted molar refractivity (Wildman–Crippen MR) is 79.8 cm³/mol. The fraction of sp³-hybridized carbons (Fsp3) is 0.231. The maximum atomic E-state index is 12.2. The van der Waals surface area contributed by atoms with Gasteiger partial charge in [0.1, 0.15) is 5.69 Å². The second kappa shape index (κ2) is 5.57. The van der Waals surface area contributed by atoms with Gasteiger partial charge in [0.2, 0.25) is 0 Å². The zero-order chi connectivity index (χ0) is 15.6. The molecular weight excluding hydrogens is 292 g/mol. The van der Waals surface area contributed by atoms with Crippen LogP contribution in [0.1, 0.15) is 17.4 Å². The summed E-state index contributed by atoms with van der Waals surface area (Å²) in [7, 11) is -3.33. The number of hydrogen-bond acceptors (Lipinski definition) is 5. The number of aryl methyl sites for hydroxylation is 1. The standard InChI is InChI=1S/C13H16N4O3S/c1-3-17-12(11(14)8-15-17)13(18)16-9-5-4-6-10(7-9)21(2,19)20/h4-8H,3,14H2,1-2H3,(H,16,18). The largest absolute Gasteiger partial charge is 0.396 e. The van der Waals surface area contributed by atoms with E-state index in [1.165, 1.54) is 23.0 Å². The summed E-state index contributed by atoms with van der Waals surface area (Å²) in [5.74, 6) is -0.433. The van der Waals surface area contributed by atoms with Gasteiger partial charge in [0.15, 0.2) is 9.84 Å². The lowest BCUT2D eigenvalue weighted by Gasteiger charge is -2.08. The van der Waals surface area contributed by atoms with E-state index in [9.17, 15) is 13.2 Å².